The van der Waals surface area contributed by atoms with E-state index in [0.717, 1.165) is 11.3 Å². The van der Waals surface area contributed by atoms with E-state index in [4.69, 9.17) is 9.47 Å². The lowest BCUT2D eigenvalue weighted by Gasteiger charge is -2.17. The molecule has 0 aliphatic carbocycles. The molecule has 0 spiro atoms. The lowest BCUT2D eigenvalue weighted by molar-refractivity contribution is -0.111. The van der Waals surface area contributed by atoms with E-state index < -0.39 is 0 Å². The van der Waals surface area contributed by atoms with Gasteiger partial charge in [-0.25, -0.2) is 4.98 Å². The molecular formula is C24H27N5O3. The van der Waals surface area contributed by atoms with Crippen molar-refractivity contribution in [3.8, 4) is 11.5 Å². The number of ether oxygens (including phenoxy) is 2. The number of hydrogen-bond donors (Lipinski definition) is 3. The van der Waals surface area contributed by atoms with Crippen LogP contribution in [0.1, 0.15) is 25.3 Å². The first kappa shape index (κ1) is 22.6. The van der Waals surface area contributed by atoms with Gasteiger partial charge in [0.05, 0.1) is 26.1 Å². The van der Waals surface area contributed by atoms with Crippen LogP contribution in [0.3, 0.4) is 0 Å². The Kier molecular flexibility index (Phi) is 7.28. The number of benzene rings is 2. The molecule has 2 aromatic carbocycles. The van der Waals surface area contributed by atoms with Crippen molar-refractivity contribution < 1.29 is 14.3 Å². The minimum Gasteiger partial charge on any atom is -0.495 e. The second kappa shape index (κ2) is 10.3. The predicted molar refractivity (Wildman–Crippen MR) is 128 cm³/mol. The number of anilines is 5. The number of hydrogen-bond acceptors (Lipinski definition) is 7. The van der Waals surface area contributed by atoms with Crippen LogP contribution in [-0.4, -0.2) is 30.1 Å². The number of methoxy groups -OCH3 is 2. The quantitative estimate of drug-likeness (QED) is 0.398. The Bertz CT molecular complexity index is 1110. The third kappa shape index (κ3) is 5.34. The number of para-hydroxylation sites is 1. The lowest BCUT2D eigenvalue weighted by atomic mass is 10.0. The number of carbonyl (C=O) groups excluding carboxylic acids is 1. The summed E-state index contributed by atoms with van der Waals surface area (Å²) in [5, 5.41) is 9.23. The number of nitrogens with zero attached hydrogens (tertiary/aromatic N) is 2. The van der Waals surface area contributed by atoms with E-state index in [2.05, 4.69) is 52.4 Å². The number of amides is 1. The van der Waals surface area contributed by atoms with Crippen LogP contribution in [0.4, 0.5) is 28.8 Å². The highest BCUT2D eigenvalue weighted by atomic mass is 16.5. The van der Waals surface area contributed by atoms with Gasteiger partial charge < -0.3 is 25.4 Å². The second-order valence-electron chi connectivity index (χ2n) is 7.21. The largest absolute Gasteiger partial charge is 0.495 e. The molecule has 0 fully saturated rings. The molecule has 1 heterocycles. The van der Waals surface area contributed by atoms with Gasteiger partial charge in [-0.1, -0.05) is 38.6 Å². The van der Waals surface area contributed by atoms with E-state index in [0.29, 0.717) is 40.6 Å². The molecule has 8 heteroatoms. The summed E-state index contributed by atoms with van der Waals surface area (Å²) in [6.07, 6.45) is 2.79. The number of rotatable bonds is 9. The molecule has 0 aliphatic heterocycles. The summed E-state index contributed by atoms with van der Waals surface area (Å²) in [7, 11) is 3.13. The molecule has 3 N–H and O–H groups in total. The van der Waals surface area contributed by atoms with Crippen molar-refractivity contribution in [2.75, 3.05) is 30.2 Å². The van der Waals surface area contributed by atoms with Gasteiger partial charge >= 0.3 is 0 Å². The topological polar surface area (TPSA) is 97.4 Å². The van der Waals surface area contributed by atoms with Crippen LogP contribution in [0, 0.1) is 0 Å². The molecular weight excluding hydrogens is 406 g/mol. The molecule has 0 saturated carbocycles. The van der Waals surface area contributed by atoms with Crippen LogP contribution < -0.4 is 25.4 Å². The zero-order chi connectivity index (χ0) is 23.1. The zero-order valence-electron chi connectivity index (χ0n) is 18.6. The third-order valence-corrected chi connectivity index (χ3v) is 4.71. The Morgan fingerprint density at radius 2 is 1.78 bits per heavy atom. The SMILES string of the molecule is C=CC(=O)Nc1ccc(OC)c(Nc2ncc(OC)c(Nc3ccccc3C(C)C)n2)c1. The summed E-state index contributed by atoms with van der Waals surface area (Å²) in [4.78, 5) is 20.6. The van der Waals surface area contributed by atoms with Crippen LogP contribution in [0.25, 0.3) is 0 Å². The van der Waals surface area contributed by atoms with Crippen LogP contribution in [0.2, 0.25) is 0 Å². The highest BCUT2D eigenvalue weighted by molar-refractivity contribution is 5.99. The third-order valence-electron chi connectivity index (χ3n) is 4.71. The van der Waals surface area contributed by atoms with Crippen molar-refractivity contribution in [1.29, 1.82) is 0 Å². The number of nitrogens with one attached hydrogen (secondary N) is 3. The Morgan fingerprint density at radius 3 is 2.47 bits per heavy atom. The standard InChI is InChI=1S/C24H27N5O3/c1-6-22(30)26-16-11-12-20(31-4)19(13-16)28-24-25-14-21(32-5)23(29-24)27-18-10-8-7-9-17(18)15(2)3/h6-15H,1H2,2-5H3,(H,26,30)(H2,25,27,28,29). The Hall–Kier alpha value is -4.07. The zero-order valence-corrected chi connectivity index (χ0v) is 18.6. The fourth-order valence-corrected chi connectivity index (χ4v) is 3.11. The second-order valence-corrected chi connectivity index (χ2v) is 7.21. The maximum absolute atomic E-state index is 11.6. The van der Waals surface area contributed by atoms with Crippen LogP contribution >= 0.6 is 0 Å². The Morgan fingerprint density at radius 1 is 1.03 bits per heavy atom. The monoisotopic (exact) mass is 433 g/mol. The molecule has 32 heavy (non-hydrogen) atoms. The molecule has 3 rings (SSSR count). The van der Waals surface area contributed by atoms with Gasteiger partial charge in [0.15, 0.2) is 11.6 Å². The predicted octanol–water partition coefficient (Wildman–Crippen LogP) is 5.23. The minimum absolute atomic E-state index is 0.308. The minimum atomic E-state index is -0.308. The first-order valence-corrected chi connectivity index (χ1v) is 10.1. The molecule has 0 atom stereocenters. The molecule has 0 bridgehead atoms. The fourth-order valence-electron chi connectivity index (χ4n) is 3.11. The summed E-state index contributed by atoms with van der Waals surface area (Å²) in [6, 6.07) is 13.3. The molecule has 8 nitrogen and oxygen atoms in total. The lowest BCUT2D eigenvalue weighted by Crippen LogP contribution is -2.08. The fraction of sp³-hybridized carbons (Fsp3) is 0.208. The highest BCUT2D eigenvalue weighted by Crippen LogP contribution is 2.33. The van der Waals surface area contributed by atoms with Gasteiger partial charge in [0.25, 0.3) is 0 Å². The highest BCUT2D eigenvalue weighted by Gasteiger charge is 2.14. The summed E-state index contributed by atoms with van der Waals surface area (Å²) < 4.78 is 10.9. The van der Waals surface area contributed by atoms with Crippen molar-refractivity contribution in [1.82, 2.24) is 9.97 Å². The normalized spacial score (nSPS) is 10.4. The van der Waals surface area contributed by atoms with Crippen molar-refractivity contribution in [2.24, 2.45) is 0 Å². The maximum Gasteiger partial charge on any atom is 0.247 e. The van der Waals surface area contributed by atoms with Gasteiger partial charge in [0.1, 0.15) is 5.75 Å². The molecule has 166 valence electrons. The van der Waals surface area contributed by atoms with Crippen molar-refractivity contribution in [2.45, 2.75) is 19.8 Å². The van der Waals surface area contributed by atoms with E-state index in [1.165, 1.54) is 6.08 Å². The number of carbonyl (C=O) groups is 1. The average molecular weight is 434 g/mol. The van der Waals surface area contributed by atoms with Gasteiger partial charge in [-0.05, 0) is 41.8 Å². The van der Waals surface area contributed by atoms with E-state index in [1.807, 2.05) is 18.2 Å². The van der Waals surface area contributed by atoms with Crippen LogP contribution in [0.5, 0.6) is 11.5 Å². The van der Waals surface area contributed by atoms with Gasteiger partial charge in [0, 0.05) is 11.4 Å². The summed E-state index contributed by atoms with van der Waals surface area (Å²) >= 11 is 0. The molecule has 1 aromatic heterocycles. The molecule has 1 amide bonds. The summed E-state index contributed by atoms with van der Waals surface area (Å²) in [5.74, 6) is 1.96. The molecule has 0 saturated heterocycles. The molecule has 3 aromatic rings. The average Bonchev–Trinajstić information content (AvgIpc) is 2.79. The van der Waals surface area contributed by atoms with Crippen molar-refractivity contribution in [3.05, 3.63) is 66.9 Å². The Balaban J connectivity index is 1.93. The van der Waals surface area contributed by atoms with Crippen LogP contribution in [0.15, 0.2) is 61.3 Å². The smallest absolute Gasteiger partial charge is 0.247 e. The van der Waals surface area contributed by atoms with E-state index in [9.17, 15) is 4.79 Å². The van der Waals surface area contributed by atoms with Gasteiger partial charge in [-0.3, -0.25) is 4.79 Å². The van der Waals surface area contributed by atoms with Gasteiger partial charge in [-0.15, -0.1) is 0 Å². The van der Waals surface area contributed by atoms with E-state index >= 15 is 0 Å². The molecule has 0 radical (unpaired) electrons. The van der Waals surface area contributed by atoms with Crippen molar-refractivity contribution >= 4 is 34.7 Å². The molecule has 0 unspecified atom stereocenters. The summed E-state index contributed by atoms with van der Waals surface area (Å²) in [5.41, 5.74) is 3.27. The first-order chi connectivity index (χ1) is 15.4. The molecule has 0 aliphatic rings. The summed E-state index contributed by atoms with van der Waals surface area (Å²) in [6.45, 7) is 7.73. The number of aromatic nitrogens is 2. The van der Waals surface area contributed by atoms with Gasteiger partial charge in [-0.2, -0.15) is 4.98 Å². The van der Waals surface area contributed by atoms with Crippen LogP contribution in [-0.2, 0) is 4.79 Å². The van der Waals surface area contributed by atoms with E-state index in [1.54, 1.807) is 38.6 Å². The van der Waals surface area contributed by atoms with Crippen molar-refractivity contribution in [3.63, 3.8) is 0 Å². The van der Waals surface area contributed by atoms with E-state index in [-0.39, 0.29) is 5.91 Å². The maximum atomic E-state index is 11.6. The van der Waals surface area contributed by atoms with Gasteiger partial charge in [0.2, 0.25) is 11.9 Å². The first-order valence-electron chi connectivity index (χ1n) is 10.1. The Labute approximate surface area is 187 Å².